The molecule has 2 amide bonds. The van der Waals surface area contributed by atoms with Gasteiger partial charge in [-0.05, 0) is 46.6 Å². The quantitative estimate of drug-likeness (QED) is 0.614. The largest absolute Gasteiger partial charge is 0.444 e. The molecule has 0 aromatic rings. The van der Waals surface area contributed by atoms with E-state index in [0.717, 1.165) is 12.8 Å². The molecule has 0 unspecified atom stereocenters. The van der Waals surface area contributed by atoms with Crippen molar-refractivity contribution in [3.8, 4) is 0 Å². The molecule has 4 N–H and O–H groups in total. The normalized spacial score (nSPS) is 12.7. The summed E-state index contributed by atoms with van der Waals surface area (Å²) in [7, 11) is 1.54. The molecule has 0 saturated carbocycles. The van der Waals surface area contributed by atoms with E-state index in [-0.39, 0.29) is 5.91 Å². The van der Waals surface area contributed by atoms with Crippen LogP contribution in [-0.4, -0.2) is 37.2 Å². The standard InChI is InChI=1S/C12H25N3O3/c1-12(2,3)18-11(17)15-9(10(16)14-4)7-5-6-8-13/h9H,5-8,13H2,1-4H3,(H,14,16)(H,15,17)/t9-/m1/s1. The first-order valence-corrected chi connectivity index (χ1v) is 6.21. The Balaban J connectivity index is 4.31. The Bertz CT molecular complexity index is 274. The summed E-state index contributed by atoms with van der Waals surface area (Å²) < 4.78 is 5.11. The third-order valence-corrected chi connectivity index (χ3v) is 2.20. The van der Waals surface area contributed by atoms with Crippen LogP contribution in [0.2, 0.25) is 0 Å². The van der Waals surface area contributed by atoms with E-state index in [2.05, 4.69) is 10.6 Å². The highest BCUT2D eigenvalue weighted by atomic mass is 16.6. The fourth-order valence-corrected chi connectivity index (χ4v) is 1.39. The molecule has 0 aliphatic heterocycles. The van der Waals surface area contributed by atoms with Crippen molar-refractivity contribution in [1.29, 1.82) is 0 Å². The van der Waals surface area contributed by atoms with Gasteiger partial charge in [0.05, 0.1) is 0 Å². The van der Waals surface area contributed by atoms with Crippen molar-refractivity contribution in [3.05, 3.63) is 0 Å². The number of carbonyl (C=O) groups excluding carboxylic acids is 2. The van der Waals surface area contributed by atoms with Crippen LogP contribution in [0.25, 0.3) is 0 Å². The zero-order valence-corrected chi connectivity index (χ0v) is 11.7. The molecular formula is C12H25N3O3. The Morgan fingerprint density at radius 2 is 1.89 bits per heavy atom. The molecule has 0 aliphatic carbocycles. The Kier molecular flexibility index (Phi) is 7.35. The number of alkyl carbamates (subject to hydrolysis) is 1. The second-order valence-electron chi connectivity index (χ2n) is 5.10. The van der Waals surface area contributed by atoms with Crippen LogP contribution in [0.1, 0.15) is 40.0 Å². The molecule has 0 heterocycles. The molecule has 0 rings (SSSR count). The average Bonchev–Trinajstić information content (AvgIpc) is 2.24. The first-order valence-electron chi connectivity index (χ1n) is 6.21. The summed E-state index contributed by atoms with van der Waals surface area (Å²) in [5, 5.41) is 5.09. The average molecular weight is 259 g/mol. The minimum absolute atomic E-state index is 0.224. The Morgan fingerprint density at radius 3 is 2.33 bits per heavy atom. The van der Waals surface area contributed by atoms with Crippen LogP contribution in [0.4, 0.5) is 4.79 Å². The molecule has 1 atom stereocenters. The van der Waals surface area contributed by atoms with Crippen LogP contribution in [0.15, 0.2) is 0 Å². The fourth-order valence-electron chi connectivity index (χ4n) is 1.39. The second-order valence-corrected chi connectivity index (χ2v) is 5.10. The van der Waals surface area contributed by atoms with Gasteiger partial charge in [0.2, 0.25) is 5.91 Å². The smallest absolute Gasteiger partial charge is 0.408 e. The summed E-state index contributed by atoms with van der Waals surface area (Å²) >= 11 is 0. The van der Waals surface area contributed by atoms with Gasteiger partial charge in [-0.25, -0.2) is 4.79 Å². The molecule has 6 heteroatoms. The molecule has 0 radical (unpaired) electrons. The summed E-state index contributed by atoms with van der Waals surface area (Å²) in [6.07, 6.45) is 1.58. The molecule has 18 heavy (non-hydrogen) atoms. The highest BCUT2D eigenvalue weighted by Gasteiger charge is 2.23. The first kappa shape index (κ1) is 16.7. The predicted molar refractivity (Wildman–Crippen MR) is 70.1 cm³/mol. The number of amides is 2. The van der Waals surface area contributed by atoms with Crippen molar-refractivity contribution in [1.82, 2.24) is 10.6 Å². The maximum Gasteiger partial charge on any atom is 0.408 e. The van der Waals surface area contributed by atoms with Crippen molar-refractivity contribution in [2.75, 3.05) is 13.6 Å². The van der Waals surface area contributed by atoms with E-state index in [1.807, 2.05) is 0 Å². The number of hydrogen-bond acceptors (Lipinski definition) is 4. The Hall–Kier alpha value is -1.30. The summed E-state index contributed by atoms with van der Waals surface area (Å²) in [4.78, 5) is 23.2. The lowest BCUT2D eigenvalue weighted by Gasteiger charge is -2.23. The number of hydrogen-bond donors (Lipinski definition) is 3. The van der Waals surface area contributed by atoms with Crippen molar-refractivity contribution in [2.45, 2.75) is 51.7 Å². The maximum absolute atomic E-state index is 11.6. The molecule has 0 aromatic heterocycles. The van der Waals surface area contributed by atoms with Crippen LogP contribution < -0.4 is 16.4 Å². The van der Waals surface area contributed by atoms with Gasteiger partial charge in [0.15, 0.2) is 0 Å². The first-order chi connectivity index (χ1) is 8.30. The van der Waals surface area contributed by atoms with E-state index >= 15 is 0 Å². The lowest BCUT2D eigenvalue weighted by Crippen LogP contribution is -2.47. The molecule has 6 nitrogen and oxygen atoms in total. The second kappa shape index (κ2) is 7.92. The van der Waals surface area contributed by atoms with Gasteiger partial charge >= 0.3 is 6.09 Å². The lowest BCUT2D eigenvalue weighted by atomic mass is 10.1. The van der Waals surface area contributed by atoms with E-state index in [0.29, 0.717) is 13.0 Å². The van der Waals surface area contributed by atoms with Crippen molar-refractivity contribution in [3.63, 3.8) is 0 Å². The third-order valence-electron chi connectivity index (χ3n) is 2.20. The van der Waals surface area contributed by atoms with E-state index in [4.69, 9.17) is 10.5 Å². The highest BCUT2D eigenvalue weighted by Crippen LogP contribution is 2.08. The summed E-state index contributed by atoms with van der Waals surface area (Å²) in [5.41, 5.74) is 4.82. The minimum atomic E-state index is -0.580. The van der Waals surface area contributed by atoms with E-state index in [1.54, 1.807) is 20.8 Å². The number of ether oxygens (including phenoxy) is 1. The number of unbranched alkanes of at least 4 members (excludes halogenated alkanes) is 1. The highest BCUT2D eigenvalue weighted by molar-refractivity contribution is 5.85. The summed E-state index contributed by atoms with van der Waals surface area (Å²) in [6, 6.07) is -0.573. The number of nitrogens with two attached hydrogens (primary N) is 1. The van der Waals surface area contributed by atoms with E-state index < -0.39 is 17.7 Å². The number of nitrogens with one attached hydrogen (secondary N) is 2. The zero-order chi connectivity index (χ0) is 14.2. The van der Waals surface area contributed by atoms with Crippen LogP contribution in [0.5, 0.6) is 0 Å². The molecule has 0 fully saturated rings. The number of likely N-dealkylation sites (N-methyl/N-ethyl adjacent to an activating group) is 1. The molecule has 0 saturated heterocycles. The number of rotatable bonds is 6. The van der Waals surface area contributed by atoms with Crippen LogP contribution in [0, 0.1) is 0 Å². The fraction of sp³-hybridized carbons (Fsp3) is 0.833. The molecule has 0 bridgehead atoms. The summed E-state index contributed by atoms with van der Waals surface area (Å²) in [6.45, 7) is 5.90. The third kappa shape index (κ3) is 7.89. The SMILES string of the molecule is CNC(=O)[C@@H](CCCCN)NC(=O)OC(C)(C)C. The van der Waals surface area contributed by atoms with Crippen molar-refractivity contribution in [2.24, 2.45) is 5.73 Å². The molecule has 106 valence electrons. The molecule has 0 spiro atoms. The Labute approximate surface area is 109 Å². The van der Waals surface area contributed by atoms with Gasteiger partial charge in [-0.15, -0.1) is 0 Å². The van der Waals surface area contributed by atoms with Gasteiger partial charge in [0.1, 0.15) is 11.6 Å². The molecule has 0 aromatic carbocycles. The van der Waals surface area contributed by atoms with Gasteiger partial charge < -0.3 is 21.1 Å². The van der Waals surface area contributed by atoms with Crippen LogP contribution in [-0.2, 0) is 9.53 Å². The van der Waals surface area contributed by atoms with E-state index in [9.17, 15) is 9.59 Å². The van der Waals surface area contributed by atoms with Gasteiger partial charge in [0, 0.05) is 7.05 Å². The van der Waals surface area contributed by atoms with Crippen molar-refractivity contribution < 1.29 is 14.3 Å². The summed E-state index contributed by atoms with van der Waals surface area (Å²) in [5.74, 6) is -0.224. The van der Waals surface area contributed by atoms with Gasteiger partial charge in [-0.3, -0.25) is 4.79 Å². The molecule has 0 aliphatic rings. The van der Waals surface area contributed by atoms with Gasteiger partial charge in [0.25, 0.3) is 0 Å². The van der Waals surface area contributed by atoms with Crippen molar-refractivity contribution >= 4 is 12.0 Å². The monoisotopic (exact) mass is 259 g/mol. The van der Waals surface area contributed by atoms with Gasteiger partial charge in [-0.1, -0.05) is 0 Å². The zero-order valence-electron chi connectivity index (χ0n) is 11.7. The Morgan fingerprint density at radius 1 is 1.28 bits per heavy atom. The topological polar surface area (TPSA) is 93.5 Å². The van der Waals surface area contributed by atoms with Gasteiger partial charge in [-0.2, -0.15) is 0 Å². The lowest BCUT2D eigenvalue weighted by molar-refractivity contribution is -0.122. The maximum atomic E-state index is 11.6. The minimum Gasteiger partial charge on any atom is -0.444 e. The van der Waals surface area contributed by atoms with Crippen LogP contribution >= 0.6 is 0 Å². The van der Waals surface area contributed by atoms with E-state index in [1.165, 1.54) is 7.05 Å². The number of carbonyl (C=O) groups is 2. The molecular weight excluding hydrogens is 234 g/mol. The predicted octanol–water partition coefficient (Wildman–Crippen LogP) is 0.755. The van der Waals surface area contributed by atoms with Crippen LogP contribution in [0.3, 0.4) is 0 Å².